The summed E-state index contributed by atoms with van der Waals surface area (Å²) in [6, 6.07) is 8.34. The number of ether oxygens (including phenoxy) is 3. The molecule has 0 unspecified atom stereocenters. The third kappa shape index (κ3) is 3.94. The van der Waals surface area contributed by atoms with Crippen LogP contribution in [0.1, 0.15) is 28.4 Å². The standard InChI is InChI=1S/C21H20O11/c22-9-5-11(23)15-12(24)7-13(31-14(15)6-9)8-1-3-10(4-2-8)30-21-18(27)16(25)17(26)19(32-21)20(28)29/h1-6,13,16-19,21-23,25-27H,7H2,(H,28,29)/t13-,16+,17+,18-,19+,21-/m1/s1. The van der Waals surface area contributed by atoms with Gasteiger partial charge >= 0.3 is 5.97 Å². The number of carbonyl (C=O) groups is 2. The van der Waals surface area contributed by atoms with Crippen molar-refractivity contribution in [3.05, 3.63) is 47.5 Å². The van der Waals surface area contributed by atoms with Crippen LogP contribution in [0, 0.1) is 0 Å². The molecule has 32 heavy (non-hydrogen) atoms. The first-order valence-electron chi connectivity index (χ1n) is 9.60. The monoisotopic (exact) mass is 448 g/mol. The van der Waals surface area contributed by atoms with Crippen molar-refractivity contribution >= 4 is 11.8 Å². The summed E-state index contributed by atoms with van der Waals surface area (Å²) in [4.78, 5) is 23.6. The Morgan fingerprint density at radius 2 is 1.69 bits per heavy atom. The fourth-order valence-electron chi connectivity index (χ4n) is 3.66. The second kappa shape index (κ2) is 8.28. The summed E-state index contributed by atoms with van der Waals surface area (Å²) in [5.41, 5.74) is 0.569. The quantitative estimate of drug-likeness (QED) is 0.372. The summed E-state index contributed by atoms with van der Waals surface area (Å²) in [5.74, 6) is -2.30. The second-order valence-electron chi connectivity index (χ2n) is 7.49. The van der Waals surface area contributed by atoms with Gasteiger partial charge in [-0.2, -0.15) is 0 Å². The van der Waals surface area contributed by atoms with Crippen LogP contribution in [0.25, 0.3) is 0 Å². The number of aliphatic carboxylic acids is 1. The molecule has 2 heterocycles. The Hall–Kier alpha value is -3.38. The number of phenols is 2. The molecule has 4 rings (SSSR count). The lowest BCUT2D eigenvalue weighted by atomic mass is 9.95. The normalized spacial score (nSPS) is 29.7. The topological polar surface area (TPSA) is 183 Å². The number of hydrogen-bond acceptors (Lipinski definition) is 10. The third-order valence-corrected chi connectivity index (χ3v) is 5.30. The Kier molecular flexibility index (Phi) is 5.65. The smallest absolute Gasteiger partial charge is 0.335 e. The summed E-state index contributed by atoms with van der Waals surface area (Å²) in [5, 5.41) is 58.3. The van der Waals surface area contributed by atoms with E-state index in [9.17, 15) is 35.1 Å². The van der Waals surface area contributed by atoms with E-state index < -0.39 is 42.8 Å². The van der Waals surface area contributed by atoms with Gasteiger partial charge in [0.1, 0.15) is 53.0 Å². The number of Topliss-reactive ketones (excluding diaryl/α,β-unsaturated/α-hetero) is 1. The van der Waals surface area contributed by atoms with E-state index in [4.69, 9.17) is 19.3 Å². The van der Waals surface area contributed by atoms with E-state index in [1.54, 1.807) is 12.1 Å². The molecule has 2 aromatic rings. The van der Waals surface area contributed by atoms with Crippen molar-refractivity contribution in [3.63, 3.8) is 0 Å². The minimum Gasteiger partial charge on any atom is -0.508 e. The lowest BCUT2D eigenvalue weighted by Crippen LogP contribution is -2.61. The van der Waals surface area contributed by atoms with E-state index in [2.05, 4.69) is 0 Å². The van der Waals surface area contributed by atoms with Gasteiger partial charge in [0.05, 0.1) is 6.42 Å². The van der Waals surface area contributed by atoms with E-state index in [1.165, 1.54) is 18.2 Å². The van der Waals surface area contributed by atoms with Crippen LogP contribution < -0.4 is 9.47 Å². The average Bonchev–Trinajstić information content (AvgIpc) is 2.73. The number of benzene rings is 2. The maximum atomic E-state index is 12.4. The molecule has 1 fully saturated rings. The molecule has 11 heteroatoms. The minimum absolute atomic E-state index is 0.00355. The van der Waals surface area contributed by atoms with Crippen LogP contribution in [0.4, 0.5) is 0 Å². The molecule has 0 spiro atoms. The molecule has 0 amide bonds. The highest BCUT2D eigenvalue weighted by molar-refractivity contribution is 6.02. The van der Waals surface area contributed by atoms with Gasteiger partial charge in [-0.25, -0.2) is 4.79 Å². The summed E-state index contributed by atoms with van der Waals surface area (Å²) in [6.07, 6.45) is -9.40. The number of aliphatic hydroxyl groups excluding tert-OH is 3. The molecule has 0 radical (unpaired) electrons. The van der Waals surface area contributed by atoms with Crippen molar-refractivity contribution in [2.24, 2.45) is 0 Å². The Bertz CT molecular complexity index is 1030. The zero-order valence-corrected chi connectivity index (χ0v) is 16.4. The van der Waals surface area contributed by atoms with Gasteiger partial charge in [0.2, 0.25) is 6.29 Å². The number of rotatable bonds is 4. The Morgan fingerprint density at radius 3 is 2.34 bits per heavy atom. The second-order valence-corrected chi connectivity index (χ2v) is 7.49. The van der Waals surface area contributed by atoms with Crippen molar-refractivity contribution in [2.75, 3.05) is 0 Å². The number of phenolic OH excluding ortho intramolecular Hbond substituents is 2. The summed E-state index contributed by atoms with van der Waals surface area (Å²) >= 11 is 0. The number of aliphatic hydroxyl groups is 3. The molecule has 2 aliphatic rings. The number of carboxylic acid groups (broad SMARTS) is 1. The fraction of sp³-hybridized carbons (Fsp3) is 0.333. The highest BCUT2D eigenvalue weighted by Crippen LogP contribution is 2.41. The van der Waals surface area contributed by atoms with E-state index in [0.717, 1.165) is 6.07 Å². The van der Waals surface area contributed by atoms with Gasteiger partial charge in [-0.3, -0.25) is 4.79 Å². The highest BCUT2D eigenvalue weighted by Gasteiger charge is 2.48. The summed E-state index contributed by atoms with van der Waals surface area (Å²) in [6.45, 7) is 0. The summed E-state index contributed by atoms with van der Waals surface area (Å²) < 4.78 is 16.3. The Labute approximate surface area is 180 Å². The Balaban J connectivity index is 1.49. The van der Waals surface area contributed by atoms with Crippen molar-refractivity contribution in [2.45, 2.75) is 43.2 Å². The van der Waals surface area contributed by atoms with Crippen molar-refractivity contribution in [3.8, 4) is 23.0 Å². The van der Waals surface area contributed by atoms with E-state index in [-0.39, 0.29) is 40.8 Å². The molecule has 1 saturated heterocycles. The van der Waals surface area contributed by atoms with Crippen LogP contribution in [-0.2, 0) is 9.53 Å². The molecule has 6 N–H and O–H groups in total. The molecular formula is C21H20O11. The van der Waals surface area contributed by atoms with E-state index >= 15 is 0 Å². The van der Waals surface area contributed by atoms with Crippen molar-refractivity contribution < 1.29 is 54.4 Å². The molecule has 170 valence electrons. The number of ketones is 1. The van der Waals surface area contributed by atoms with Gasteiger partial charge in [-0.15, -0.1) is 0 Å². The van der Waals surface area contributed by atoms with Gasteiger partial charge in [0.25, 0.3) is 0 Å². The van der Waals surface area contributed by atoms with Crippen molar-refractivity contribution in [1.29, 1.82) is 0 Å². The zero-order chi connectivity index (χ0) is 23.2. The maximum absolute atomic E-state index is 12.4. The van der Waals surface area contributed by atoms with Gasteiger partial charge in [0, 0.05) is 12.1 Å². The van der Waals surface area contributed by atoms with Crippen molar-refractivity contribution in [1.82, 2.24) is 0 Å². The molecule has 0 aromatic heterocycles. The number of aromatic hydroxyl groups is 2. The molecule has 0 saturated carbocycles. The molecule has 0 bridgehead atoms. The zero-order valence-electron chi connectivity index (χ0n) is 16.4. The minimum atomic E-state index is -1.83. The van der Waals surface area contributed by atoms with E-state index in [0.29, 0.717) is 5.56 Å². The van der Waals surface area contributed by atoms with Crippen LogP contribution in [-0.4, -0.2) is 73.1 Å². The van der Waals surface area contributed by atoms with Crippen LogP contribution in [0.15, 0.2) is 36.4 Å². The lowest BCUT2D eigenvalue weighted by Gasteiger charge is -2.38. The van der Waals surface area contributed by atoms with Crippen LogP contribution >= 0.6 is 0 Å². The third-order valence-electron chi connectivity index (χ3n) is 5.30. The lowest BCUT2D eigenvalue weighted by molar-refractivity contribution is -0.271. The van der Waals surface area contributed by atoms with Gasteiger partial charge in [-0.05, 0) is 17.7 Å². The number of carbonyl (C=O) groups excluding carboxylic acids is 1. The Morgan fingerprint density at radius 1 is 1.00 bits per heavy atom. The number of carboxylic acids is 1. The van der Waals surface area contributed by atoms with Crippen LogP contribution in [0.3, 0.4) is 0 Å². The predicted octanol–water partition coefficient (Wildman–Crippen LogP) is 0.0753. The number of hydrogen-bond donors (Lipinski definition) is 6. The van der Waals surface area contributed by atoms with Gasteiger partial charge < -0.3 is 44.8 Å². The molecule has 2 aromatic carbocycles. The van der Waals surface area contributed by atoms with Gasteiger partial charge in [-0.1, -0.05) is 12.1 Å². The first-order valence-corrected chi connectivity index (χ1v) is 9.60. The molecule has 2 aliphatic heterocycles. The van der Waals surface area contributed by atoms with Crippen LogP contribution in [0.2, 0.25) is 0 Å². The first kappa shape index (κ1) is 21.8. The number of fused-ring (bicyclic) bond motifs is 1. The maximum Gasteiger partial charge on any atom is 0.335 e. The molecule has 11 nitrogen and oxygen atoms in total. The average molecular weight is 448 g/mol. The summed E-state index contributed by atoms with van der Waals surface area (Å²) in [7, 11) is 0. The van der Waals surface area contributed by atoms with Crippen LogP contribution in [0.5, 0.6) is 23.0 Å². The van der Waals surface area contributed by atoms with E-state index in [1.807, 2.05) is 0 Å². The molecule has 6 atom stereocenters. The fourth-order valence-corrected chi connectivity index (χ4v) is 3.66. The van der Waals surface area contributed by atoms with Gasteiger partial charge in [0.15, 0.2) is 11.9 Å². The largest absolute Gasteiger partial charge is 0.508 e. The first-order chi connectivity index (χ1) is 15.2. The predicted molar refractivity (Wildman–Crippen MR) is 103 cm³/mol. The molecular weight excluding hydrogens is 428 g/mol. The SMILES string of the molecule is O=C1C[C@H](c2ccc(O[C@@H]3O[C@H](C(=O)O)[C@@H](O)[C@H](O)[C@H]3O)cc2)Oc2cc(O)cc(O)c21. The molecule has 0 aliphatic carbocycles. The highest BCUT2D eigenvalue weighted by atomic mass is 16.7.